The lowest BCUT2D eigenvalue weighted by molar-refractivity contribution is -0.137. The molecule has 1 aromatic rings. The van der Waals surface area contributed by atoms with Gasteiger partial charge in [0.15, 0.2) is 0 Å². The lowest BCUT2D eigenvalue weighted by Crippen LogP contribution is -2.28. The summed E-state index contributed by atoms with van der Waals surface area (Å²) in [5.41, 5.74) is 0. The Hall–Kier alpha value is -1.60. The van der Waals surface area contributed by atoms with Crippen LogP contribution in [0.3, 0.4) is 0 Å². The third-order valence-corrected chi connectivity index (χ3v) is 4.36. The Kier molecular flexibility index (Phi) is 6.64. The average molecular weight is 315 g/mol. The van der Waals surface area contributed by atoms with Crippen LogP contribution in [0, 0.1) is 5.92 Å². The van der Waals surface area contributed by atoms with E-state index in [1.165, 1.54) is 12.1 Å². The Balaban J connectivity index is 2.58. The molecule has 1 aromatic carbocycles. The SMILES string of the molecule is CCOc1ccc(S(=O)(=O)NCC(C)CCC(=O)O)cc1. The summed E-state index contributed by atoms with van der Waals surface area (Å²) in [5, 5.41) is 8.59. The van der Waals surface area contributed by atoms with Crippen molar-refractivity contribution in [1.82, 2.24) is 4.72 Å². The van der Waals surface area contributed by atoms with Crippen LogP contribution >= 0.6 is 0 Å². The summed E-state index contributed by atoms with van der Waals surface area (Å²) >= 11 is 0. The molecule has 1 unspecified atom stereocenters. The van der Waals surface area contributed by atoms with E-state index in [1.54, 1.807) is 12.1 Å². The molecule has 0 aliphatic rings. The van der Waals surface area contributed by atoms with Crippen molar-refractivity contribution in [2.24, 2.45) is 5.92 Å². The number of benzene rings is 1. The lowest BCUT2D eigenvalue weighted by Gasteiger charge is -2.12. The lowest BCUT2D eigenvalue weighted by atomic mass is 10.1. The van der Waals surface area contributed by atoms with Crippen LogP contribution in [0.25, 0.3) is 0 Å². The highest BCUT2D eigenvalue weighted by molar-refractivity contribution is 7.89. The first kappa shape index (κ1) is 17.5. The third kappa shape index (κ3) is 6.14. The molecule has 1 rings (SSSR count). The van der Waals surface area contributed by atoms with Crippen molar-refractivity contribution in [3.05, 3.63) is 24.3 Å². The van der Waals surface area contributed by atoms with E-state index in [9.17, 15) is 13.2 Å². The first-order valence-electron chi connectivity index (χ1n) is 6.79. The molecule has 21 heavy (non-hydrogen) atoms. The number of carbonyl (C=O) groups is 1. The van der Waals surface area contributed by atoms with Gasteiger partial charge in [0.1, 0.15) is 5.75 Å². The molecule has 1 atom stereocenters. The van der Waals surface area contributed by atoms with Gasteiger partial charge >= 0.3 is 5.97 Å². The Bertz CT molecular complexity index is 553. The van der Waals surface area contributed by atoms with Gasteiger partial charge in [-0.2, -0.15) is 0 Å². The summed E-state index contributed by atoms with van der Waals surface area (Å²) in [6, 6.07) is 6.17. The molecule has 0 aromatic heterocycles. The summed E-state index contributed by atoms with van der Waals surface area (Å²) in [6.07, 6.45) is 0.465. The van der Waals surface area contributed by atoms with Crippen LogP contribution in [0.2, 0.25) is 0 Å². The highest BCUT2D eigenvalue weighted by Crippen LogP contribution is 2.16. The van der Waals surface area contributed by atoms with Crippen molar-refractivity contribution in [2.45, 2.75) is 31.6 Å². The monoisotopic (exact) mass is 315 g/mol. The van der Waals surface area contributed by atoms with Gasteiger partial charge in [0.25, 0.3) is 0 Å². The van der Waals surface area contributed by atoms with Gasteiger partial charge in [0.05, 0.1) is 11.5 Å². The highest BCUT2D eigenvalue weighted by Gasteiger charge is 2.15. The van der Waals surface area contributed by atoms with Gasteiger partial charge in [-0.1, -0.05) is 6.92 Å². The number of rotatable bonds is 9. The van der Waals surface area contributed by atoms with E-state index in [2.05, 4.69) is 4.72 Å². The van der Waals surface area contributed by atoms with Crippen LogP contribution in [0.4, 0.5) is 0 Å². The Morgan fingerprint density at radius 3 is 2.48 bits per heavy atom. The largest absolute Gasteiger partial charge is 0.494 e. The molecule has 118 valence electrons. The molecule has 0 heterocycles. The van der Waals surface area contributed by atoms with E-state index < -0.39 is 16.0 Å². The van der Waals surface area contributed by atoms with Crippen molar-refractivity contribution in [3.63, 3.8) is 0 Å². The van der Waals surface area contributed by atoms with Crippen molar-refractivity contribution in [3.8, 4) is 5.75 Å². The Morgan fingerprint density at radius 2 is 1.95 bits per heavy atom. The third-order valence-electron chi connectivity index (χ3n) is 2.92. The van der Waals surface area contributed by atoms with Gasteiger partial charge in [-0.15, -0.1) is 0 Å². The first-order chi connectivity index (χ1) is 9.85. The van der Waals surface area contributed by atoms with Crippen LogP contribution in [-0.2, 0) is 14.8 Å². The highest BCUT2D eigenvalue weighted by atomic mass is 32.2. The van der Waals surface area contributed by atoms with Gasteiger partial charge in [0.2, 0.25) is 10.0 Å². The molecular formula is C14H21NO5S. The van der Waals surface area contributed by atoms with Crippen LogP contribution in [0.15, 0.2) is 29.2 Å². The van der Waals surface area contributed by atoms with Gasteiger partial charge < -0.3 is 9.84 Å². The quantitative estimate of drug-likeness (QED) is 0.725. The number of carboxylic acids is 1. The minimum absolute atomic E-state index is 0.0337. The molecule has 0 spiro atoms. The molecule has 7 heteroatoms. The van der Waals surface area contributed by atoms with Crippen molar-refractivity contribution < 1.29 is 23.1 Å². The molecule has 0 fully saturated rings. The fourth-order valence-electron chi connectivity index (χ4n) is 1.69. The molecule has 6 nitrogen and oxygen atoms in total. The molecular weight excluding hydrogens is 294 g/mol. The van der Waals surface area contributed by atoms with Gasteiger partial charge in [-0.25, -0.2) is 13.1 Å². The topological polar surface area (TPSA) is 92.7 Å². The molecule has 0 saturated carbocycles. The smallest absolute Gasteiger partial charge is 0.303 e. The zero-order chi connectivity index (χ0) is 15.9. The second kappa shape index (κ2) is 7.99. The summed E-state index contributed by atoms with van der Waals surface area (Å²) in [7, 11) is -3.58. The van der Waals surface area contributed by atoms with Crippen molar-refractivity contribution in [2.75, 3.05) is 13.2 Å². The normalized spacial score (nSPS) is 12.9. The van der Waals surface area contributed by atoms with E-state index in [0.29, 0.717) is 18.8 Å². The predicted octanol–water partition coefficient (Wildman–Crippen LogP) is 1.86. The Morgan fingerprint density at radius 1 is 1.33 bits per heavy atom. The van der Waals surface area contributed by atoms with Crippen LogP contribution in [0.5, 0.6) is 5.75 Å². The molecule has 0 radical (unpaired) electrons. The fraction of sp³-hybridized carbons (Fsp3) is 0.500. The standard InChI is InChI=1S/C14H21NO5S/c1-3-20-12-5-7-13(8-6-12)21(18,19)15-10-11(2)4-9-14(16)17/h5-8,11,15H,3-4,9-10H2,1-2H3,(H,16,17). The van der Waals surface area contributed by atoms with Crippen LogP contribution in [-0.4, -0.2) is 32.6 Å². The number of nitrogens with one attached hydrogen (secondary N) is 1. The number of hydrogen-bond acceptors (Lipinski definition) is 4. The molecule has 0 aliphatic heterocycles. The first-order valence-corrected chi connectivity index (χ1v) is 8.27. The summed E-state index contributed by atoms with van der Waals surface area (Å²) in [5.74, 6) is -0.305. The van der Waals surface area contributed by atoms with E-state index in [1.807, 2.05) is 13.8 Å². The van der Waals surface area contributed by atoms with Gasteiger partial charge in [-0.3, -0.25) is 4.79 Å². The second-order valence-electron chi connectivity index (χ2n) is 4.79. The minimum atomic E-state index is -3.58. The van der Waals surface area contributed by atoms with Gasteiger partial charge in [-0.05, 0) is 43.5 Å². The Labute approximate surface area is 125 Å². The second-order valence-corrected chi connectivity index (χ2v) is 6.56. The van der Waals surface area contributed by atoms with Crippen molar-refractivity contribution in [1.29, 1.82) is 0 Å². The number of carboxylic acid groups (broad SMARTS) is 1. The summed E-state index contributed by atoms with van der Waals surface area (Å²) < 4.78 is 31.9. The number of ether oxygens (including phenoxy) is 1. The average Bonchev–Trinajstić information content (AvgIpc) is 2.44. The molecule has 0 aliphatic carbocycles. The molecule has 0 amide bonds. The van der Waals surface area contributed by atoms with E-state index in [0.717, 1.165) is 0 Å². The van der Waals surface area contributed by atoms with Crippen LogP contribution in [0.1, 0.15) is 26.7 Å². The van der Waals surface area contributed by atoms with E-state index in [-0.39, 0.29) is 23.8 Å². The number of sulfonamides is 1. The number of aliphatic carboxylic acids is 1. The maximum absolute atomic E-state index is 12.1. The minimum Gasteiger partial charge on any atom is -0.494 e. The molecule has 0 saturated heterocycles. The van der Waals surface area contributed by atoms with E-state index >= 15 is 0 Å². The zero-order valence-corrected chi connectivity index (χ0v) is 13.0. The summed E-state index contributed by atoms with van der Waals surface area (Å²) in [4.78, 5) is 10.6. The molecule has 2 N–H and O–H groups in total. The summed E-state index contributed by atoms with van der Waals surface area (Å²) in [6.45, 7) is 4.39. The van der Waals surface area contributed by atoms with Gasteiger partial charge in [0, 0.05) is 13.0 Å². The number of hydrogen-bond donors (Lipinski definition) is 2. The fourth-order valence-corrected chi connectivity index (χ4v) is 2.85. The predicted molar refractivity (Wildman–Crippen MR) is 78.8 cm³/mol. The van der Waals surface area contributed by atoms with E-state index in [4.69, 9.17) is 9.84 Å². The zero-order valence-electron chi connectivity index (χ0n) is 12.2. The maximum atomic E-state index is 12.1. The van der Waals surface area contributed by atoms with Crippen LogP contribution < -0.4 is 9.46 Å². The maximum Gasteiger partial charge on any atom is 0.303 e. The molecule has 0 bridgehead atoms. The van der Waals surface area contributed by atoms with Crippen molar-refractivity contribution >= 4 is 16.0 Å².